The summed E-state index contributed by atoms with van der Waals surface area (Å²) in [5.74, 6) is 1.70. The van der Waals surface area contributed by atoms with Crippen molar-refractivity contribution in [3.63, 3.8) is 0 Å². The lowest BCUT2D eigenvalue weighted by Crippen LogP contribution is -2.08. The van der Waals surface area contributed by atoms with Crippen LogP contribution in [0.25, 0.3) is 0 Å². The highest BCUT2D eigenvalue weighted by Gasteiger charge is 2.16. The van der Waals surface area contributed by atoms with Gasteiger partial charge in [-0.05, 0) is 18.2 Å². The average Bonchev–Trinajstić information content (AvgIpc) is 2.77. The molecule has 0 saturated carbocycles. The molecule has 0 aliphatic carbocycles. The molecule has 1 N–H and O–H groups in total. The second-order valence-electron chi connectivity index (χ2n) is 3.38. The molecule has 2 aliphatic rings. The van der Waals surface area contributed by atoms with Crippen LogP contribution in [-0.2, 0) is 0 Å². The van der Waals surface area contributed by atoms with Crippen LogP contribution in [-0.4, -0.2) is 4.31 Å². The van der Waals surface area contributed by atoms with E-state index in [4.69, 9.17) is 4.74 Å². The molecule has 0 atom stereocenters. The van der Waals surface area contributed by atoms with E-state index in [-0.39, 0.29) is 0 Å². The van der Waals surface area contributed by atoms with E-state index >= 15 is 0 Å². The first-order valence-corrected chi connectivity index (χ1v) is 5.74. The number of hydrogen-bond donors (Lipinski definition) is 1. The minimum absolute atomic E-state index is 0.845. The second-order valence-corrected chi connectivity index (χ2v) is 4.19. The van der Waals surface area contributed by atoms with E-state index in [0.29, 0.717) is 0 Å². The number of fused-ring (bicyclic) bond motifs is 1. The Kier molecular flexibility index (Phi) is 2.34. The summed E-state index contributed by atoms with van der Waals surface area (Å²) < 4.78 is 10.9. The molecular formula is C12H10N2OS. The summed E-state index contributed by atoms with van der Waals surface area (Å²) >= 11 is 1.54. The van der Waals surface area contributed by atoms with Crippen molar-refractivity contribution >= 4 is 12.1 Å². The van der Waals surface area contributed by atoms with Crippen LogP contribution in [0, 0.1) is 0 Å². The Morgan fingerprint density at radius 1 is 1.19 bits per heavy atom. The number of benzene rings is 1. The van der Waals surface area contributed by atoms with Gasteiger partial charge in [0.25, 0.3) is 0 Å². The Morgan fingerprint density at radius 3 is 2.94 bits per heavy atom. The van der Waals surface area contributed by atoms with Crippen molar-refractivity contribution in [2.75, 3.05) is 0 Å². The maximum atomic E-state index is 5.73. The summed E-state index contributed by atoms with van der Waals surface area (Å²) in [7, 11) is 0. The molecule has 0 bridgehead atoms. The molecule has 3 rings (SSSR count). The maximum Gasteiger partial charge on any atom is 0.131 e. The van der Waals surface area contributed by atoms with Crippen LogP contribution in [0.15, 0.2) is 66.3 Å². The lowest BCUT2D eigenvalue weighted by atomic mass is 10.3. The molecule has 3 nitrogen and oxygen atoms in total. The summed E-state index contributed by atoms with van der Waals surface area (Å²) in [5, 5.41) is 0. The van der Waals surface area contributed by atoms with Gasteiger partial charge in [0.2, 0.25) is 0 Å². The van der Waals surface area contributed by atoms with Crippen molar-refractivity contribution in [3.8, 4) is 5.75 Å². The summed E-state index contributed by atoms with van der Waals surface area (Å²) in [6, 6.07) is 9.77. The van der Waals surface area contributed by atoms with Crippen molar-refractivity contribution in [3.05, 3.63) is 66.3 Å². The topological polar surface area (TPSA) is 24.5 Å². The zero-order valence-electron chi connectivity index (χ0n) is 8.46. The number of nitrogens with one attached hydrogen (secondary N) is 1. The third-order valence-electron chi connectivity index (χ3n) is 2.26. The molecule has 2 aliphatic heterocycles. The Balaban J connectivity index is 1.80. The minimum atomic E-state index is 0.845. The van der Waals surface area contributed by atoms with E-state index in [1.165, 1.54) is 12.1 Å². The van der Waals surface area contributed by atoms with Gasteiger partial charge in [0, 0.05) is 18.5 Å². The van der Waals surface area contributed by atoms with E-state index in [1.54, 1.807) is 0 Å². The van der Waals surface area contributed by atoms with Crippen molar-refractivity contribution in [1.82, 2.24) is 9.03 Å². The molecule has 0 saturated heterocycles. The monoisotopic (exact) mass is 230 g/mol. The largest absolute Gasteiger partial charge is 0.457 e. The first kappa shape index (κ1) is 9.42. The fraction of sp³-hybridized carbons (Fsp3) is 0. The third-order valence-corrected chi connectivity index (χ3v) is 3.01. The first-order valence-electron chi connectivity index (χ1n) is 4.96. The zero-order chi connectivity index (χ0) is 10.8. The number of nitrogens with zero attached hydrogens (tertiary/aromatic N) is 1. The minimum Gasteiger partial charge on any atom is -0.457 e. The molecule has 0 radical (unpaired) electrons. The first-order chi connectivity index (χ1) is 7.92. The van der Waals surface area contributed by atoms with Crippen molar-refractivity contribution in [1.29, 1.82) is 0 Å². The van der Waals surface area contributed by atoms with Crippen LogP contribution in [0.3, 0.4) is 0 Å². The molecule has 0 fully saturated rings. The summed E-state index contributed by atoms with van der Waals surface area (Å²) in [5.41, 5.74) is 1.10. The molecule has 0 unspecified atom stereocenters. The van der Waals surface area contributed by atoms with Crippen molar-refractivity contribution < 1.29 is 4.74 Å². The van der Waals surface area contributed by atoms with Gasteiger partial charge in [-0.15, -0.1) is 0 Å². The number of ether oxygens (including phenoxy) is 1. The molecule has 80 valence electrons. The molecule has 0 aromatic heterocycles. The number of para-hydroxylation sites is 1. The fourth-order valence-electron chi connectivity index (χ4n) is 1.50. The predicted molar refractivity (Wildman–Crippen MR) is 64.9 cm³/mol. The molecule has 4 heteroatoms. The van der Waals surface area contributed by atoms with Crippen LogP contribution in [0.5, 0.6) is 5.75 Å². The second kappa shape index (κ2) is 3.98. The smallest absolute Gasteiger partial charge is 0.131 e. The van der Waals surface area contributed by atoms with Gasteiger partial charge in [-0.25, -0.2) is 0 Å². The zero-order valence-corrected chi connectivity index (χ0v) is 9.28. The van der Waals surface area contributed by atoms with Gasteiger partial charge in [-0.1, -0.05) is 18.2 Å². The molecule has 0 amide bonds. The highest BCUT2D eigenvalue weighted by atomic mass is 32.2. The van der Waals surface area contributed by atoms with Crippen molar-refractivity contribution in [2.24, 2.45) is 0 Å². The molecule has 0 spiro atoms. The van der Waals surface area contributed by atoms with Crippen LogP contribution < -0.4 is 9.46 Å². The predicted octanol–water partition coefficient (Wildman–Crippen LogP) is 2.79. The molecule has 1 aromatic rings. The Labute approximate surface area is 98.4 Å². The molecular weight excluding hydrogens is 220 g/mol. The number of allylic oxidation sites excluding steroid dienone is 2. The number of rotatable bonds is 2. The fourth-order valence-corrected chi connectivity index (χ4v) is 2.12. The van der Waals surface area contributed by atoms with Gasteiger partial charge in [-0.3, -0.25) is 4.31 Å². The Morgan fingerprint density at radius 2 is 2.06 bits per heavy atom. The van der Waals surface area contributed by atoms with E-state index in [9.17, 15) is 0 Å². The lowest BCUT2D eigenvalue weighted by molar-refractivity contribution is 0.438. The maximum absolute atomic E-state index is 5.73. The number of hydrogen-bond acceptors (Lipinski definition) is 4. The van der Waals surface area contributed by atoms with E-state index in [0.717, 1.165) is 17.2 Å². The van der Waals surface area contributed by atoms with Crippen LogP contribution >= 0.6 is 12.1 Å². The summed E-state index contributed by atoms with van der Waals surface area (Å²) in [6.07, 6.45) is 7.88. The van der Waals surface area contributed by atoms with Crippen LogP contribution in [0.4, 0.5) is 0 Å². The summed E-state index contributed by atoms with van der Waals surface area (Å²) in [6.45, 7) is 0. The average molecular weight is 230 g/mol. The molecule has 16 heavy (non-hydrogen) atoms. The Bertz CT molecular complexity index is 479. The normalized spacial score (nSPS) is 17.4. The SMILES string of the molecule is C1=CN2SNC=C2C=C1Oc1ccccc1. The standard InChI is InChI=1S/C12H10N2OS/c1-2-4-11(5-3-1)15-12-6-7-14-10(8-12)9-13-16-14/h1-9,13H. The van der Waals surface area contributed by atoms with E-state index in [1.807, 2.05) is 59.2 Å². The van der Waals surface area contributed by atoms with Gasteiger partial charge < -0.3 is 9.46 Å². The quantitative estimate of drug-likeness (QED) is 0.790. The van der Waals surface area contributed by atoms with Gasteiger partial charge >= 0.3 is 0 Å². The molecule has 2 heterocycles. The third kappa shape index (κ3) is 1.79. The van der Waals surface area contributed by atoms with Gasteiger partial charge in [-0.2, -0.15) is 0 Å². The van der Waals surface area contributed by atoms with E-state index in [2.05, 4.69) is 4.72 Å². The van der Waals surface area contributed by atoms with E-state index < -0.39 is 0 Å². The van der Waals surface area contributed by atoms with Gasteiger partial charge in [0.15, 0.2) is 0 Å². The highest BCUT2D eigenvalue weighted by molar-refractivity contribution is 7.95. The van der Waals surface area contributed by atoms with Crippen LogP contribution in [0.2, 0.25) is 0 Å². The van der Waals surface area contributed by atoms with Crippen LogP contribution in [0.1, 0.15) is 0 Å². The lowest BCUT2D eigenvalue weighted by Gasteiger charge is -2.17. The summed E-state index contributed by atoms with van der Waals surface area (Å²) in [4.78, 5) is 0. The van der Waals surface area contributed by atoms with Gasteiger partial charge in [0.05, 0.1) is 17.8 Å². The molecule has 1 aromatic carbocycles. The Hall–Kier alpha value is -1.81. The highest BCUT2D eigenvalue weighted by Crippen LogP contribution is 2.28. The van der Waals surface area contributed by atoms with Gasteiger partial charge in [0.1, 0.15) is 11.5 Å². The van der Waals surface area contributed by atoms with Crippen molar-refractivity contribution in [2.45, 2.75) is 0 Å².